The van der Waals surface area contributed by atoms with Gasteiger partial charge >= 0.3 is 8.17 Å². The molecule has 0 radical (unpaired) electrons. The van der Waals surface area contributed by atoms with E-state index in [1.165, 1.54) is 0 Å². The minimum Gasteiger partial charge on any atom is -0.582 e. The Morgan fingerprint density at radius 3 is 2.47 bits per heavy atom. The van der Waals surface area contributed by atoms with Crippen LogP contribution in [0.2, 0.25) is 0 Å². The van der Waals surface area contributed by atoms with Crippen molar-refractivity contribution in [1.82, 2.24) is 9.78 Å². The standard InChI is InChI=1S/C10H18N3O3P/c1-7-9(10(3,4)5)8(2)13(11-7)6-16-17(15)12-14/h14H,6H2,1-5H3. The summed E-state index contributed by atoms with van der Waals surface area (Å²) in [6, 6.07) is 0. The zero-order chi connectivity index (χ0) is 13.2. The van der Waals surface area contributed by atoms with Crippen molar-refractivity contribution >= 4 is 8.17 Å². The van der Waals surface area contributed by atoms with E-state index in [2.05, 4.69) is 30.8 Å². The van der Waals surface area contributed by atoms with E-state index < -0.39 is 8.17 Å². The van der Waals surface area contributed by atoms with E-state index in [1.807, 2.05) is 13.8 Å². The Morgan fingerprint density at radius 1 is 1.47 bits per heavy atom. The highest BCUT2D eigenvalue weighted by atomic mass is 31.1. The molecule has 96 valence electrons. The van der Waals surface area contributed by atoms with Gasteiger partial charge in [0.25, 0.3) is 0 Å². The predicted molar refractivity (Wildman–Crippen MR) is 62.6 cm³/mol. The Hall–Kier alpha value is -0.810. The number of hydrogen-bond donors (Lipinski definition) is 1. The molecule has 0 amide bonds. The Morgan fingerprint density at radius 2 is 2.06 bits per heavy atom. The van der Waals surface area contributed by atoms with Gasteiger partial charge < -0.3 is 4.89 Å². The van der Waals surface area contributed by atoms with E-state index in [0.717, 1.165) is 17.0 Å². The Balaban J connectivity index is 2.97. The van der Waals surface area contributed by atoms with Crippen molar-refractivity contribution < 1.29 is 14.6 Å². The van der Waals surface area contributed by atoms with E-state index >= 15 is 0 Å². The lowest BCUT2D eigenvalue weighted by atomic mass is 9.85. The normalized spacial score (nSPS) is 13.2. The molecule has 1 unspecified atom stereocenters. The van der Waals surface area contributed by atoms with Crippen LogP contribution in [0.3, 0.4) is 0 Å². The summed E-state index contributed by atoms with van der Waals surface area (Å²) in [5, 5.41) is 12.6. The topological polar surface area (TPSA) is 82.7 Å². The van der Waals surface area contributed by atoms with Crippen LogP contribution in [0.25, 0.3) is 0 Å². The molecule has 0 spiro atoms. The van der Waals surface area contributed by atoms with Crippen molar-refractivity contribution in [1.29, 1.82) is 0 Å². The highest BCUT2D eigenvalue weighted by Crippen LogP contribution is 2.29. The molecular weight excluding hydrogens is 241 g/mol. The van der Waals surface area contributed by atoms with Crippen LogP contribution in [0.15, 0.2) is 4.91 Å². The fraction of sp³-hybridized carbons (Fsp3) is 0.700. The molecule has 1 aromatic heterocycles. The summed E-state index contributed by atoms with van der Waals surface area (Å²) in [6.45, 7) is 10.2. The molecule has 1 heterocycles. The van der Waals surface area contributed by atoms with Gasteiger partial charge in [-0.05, 0) is 19.3 Å². The van der Waals surface area contributed by atoms with Gasteiger partial charge in [-0.3, -0.25) is 0 Å². The van der Waals surface area contributed by atoms with Crippen LogP contribution >= 0.6 is 8.17 Å². The van der Waals surface area contributed by atoms with Crippen LogP contribution in [0, 0.1) is 13.8 Å². The molecule has 0 saturated heterocycles. The molecule has 1 atom stereocenters. The molecule has 0 aromatic carbocycles. The second-order valence-electron chi connectivity index (χ2n) is 4.88. The molecule has 1 rings (SSSR count). The third-order valence-electron chi connectivity index (χ3n) is 2.49. The number of aryl methyl sites for hydroxylation is 1. The van der Waals surface area contributed by atoms with Gasteiger partial charge in [0, 0.05) is 11.3 Å². The quantitative estimate of drug-likeness (QED) is 0.665. The molecule has 7 heteroatoms. The van der Waals surface area contributed by atoms with Gasteiger partial charge in [-0.25, -0.2) is 9.89 Å². The second kappa shape index (κ2) is 5.23. The van der Waals surface area contributed by atoms with Crippen LogP contribution in [0.1, 0.15) is 37.7 Å². The van der Waals surface area contributed by atoms with E-state index in [-0.39, 0.29) is 12.1 Å². The molecule has 0 bridgehead atoms. The highest BCUT2D eigenvalue weighted by Gasteiger charge is 2.23. The SMILES string of the molecule is Cc1nn(CO[P+]([O-])=NO)c(C)c1C(C)(C)C. The van der Waals surface area contributed by atoms with E-state index in [1.54, 1.807) is 4.68 Å². The van der Waals surface area contributed by atoms with Crippen LogP contribution < -0.4 is 4.89 Å². The minimum absolute atomic E-state index is 0.00400. The largest absolute Gasteiger partial charge is 0.582 e. The first-order valence-electron chi connectivity index (χ1n) is 5.27. The zero-order valence-corrected chi connectivity index (χ0v) is 11.7. The van der Waals surface area contributed by atoms with Gasteiger partial charge in [-0.2, -0.15) is 5.10 Å². The maximum Gasteiger partial charge on any atom is 0.377 e. The first-order chi connectivity index (χ1) is 7.77. The summed E-state index contributed by atoms with van der Waals surface area (Å²) in [4.78, 5) is 13.4. The average molecular weight is 259 g/mol. The molecule has 0 aliphatic carbocycles. The van der Waals surface area contributed by atoms with Crippen molar-refractivity contribution in [3.8, 4) is 0 Å². The first kappa shape index (κ1) is 14.3. The van der Waals surface area contributed by atoms with Crippen molar-refractivity contribution in [3.63, 3.8) is 0 Å². The maximum atomic E-state index is 10.9. The lowest BCUT2D eigenvalue weighted by molar-refractivity contribution is -0.180. The molecule has 0 aliphatic rings. The Bertz CT molecular complexity index is 435. The molecule has 17 heavy (non-hydrogen) atoms. The summed E-state index contributed by atoms with van der Waals surface area (Å²) in [6.07, 6.45) is 0. The van der Waals surface area contributed by atoms with Crippen molar-refractivity contribution in [3.05, 3.63) is 17.0 Å². The summed E-state index contributed by atoms with van der Waals surface area (Å²) in [5.74, 6) is 0. The predicted octanol–water partition coefficient (Wildman–Crippen LogP) is 2.02. The minimum atomic E-state index is -2.37. The average Bonchev–Trinajstić information content (AvgIpc) is 2.49. The van der Waals surface area contributed by atoms with Crippen molar-refractivity contribution in [2.45, 2.75) is 46.8 Å². The number of aromatic nitrogens is 2. The Labute approximate surface area is 102 Å². The van der Waals surface area contributed by atoms with Gasteiger partial charge in [0.15, 0.2) is 6.73 Å². The third-order valence-corrected chi connectivity index (χ3v) is 2.98. The summed E-state index contributed by atoms with van der Waals surface area (Å²) in [7, 11) is -2.37. The number of hydrogen-bond acceptors (Lipinski definition) is 4. The fourth-order valence-corrected chi connectivity index (χ4v) is 2.30. The molecule has 0 fully saturated rings. The summed E-state index contributed by atoms with van der Waals surface area (Å²) < 4.78 is 6.45. The highest BCUT2D eigenvalue weighted by molar-refractivity contribution is 7.33. The van der Waals surface area contributed by atoms with E-state index in [4.69, 9.17) is 9.73 Å². The Kier molecular flexibility index (Phi) is 4.38. The molecule has 0 aliphatic heterocycles. The monoisotopic (exact) mass is 259 g/mol. The molecule has 1 N–H and O–H groups in total. The van der Waals surface area contributed by atoms with Crippen LogP contribution in [-0.2, 0) is 16.7 Å². The maximum absolute atomic E-state index is 10.9. The molecule has 0 saturated carbocycles. The van der Waals surface area contributed by atoms with Gasteiger partial charge in [0.2, 0.25) is 0 Å². The lowest BCUT2D eigenvalue weighted by Crippen LogP contribution is -2.14. The van der Waals surface area contributed by atoms with Gasteiger partial charge in [0.05, 0.1) is 10.6 Å². The second-order valence-corrected chi connectivity index (χ2v) is 5.79. The zero-order valence-electron chi connectivity index (χ0n) is 10.8. The van der Waals surface area contributed by atoms with Gasteiger partial charge in [-0.15, -0.1) is 4.52 Å². The smallest absolute Gasteiger partial charge is 0.377 e. The lowest BCUT2D eigenvalue weighted by Gasteiger charge is -2.19. The van der Waals surface area contributed by atoms with Crippen LogP contribution in [0.4, 0.5) is 0 Å². The first-order valence-corrected chi connectivity index (χ1v) is 6.40. The van der Waals surface area contributed by atoms with E-state index in [0.29, 0.717) is 0 Å². The van der Waals surface area contributed by atoms with E-state index in [9.17, 15) is 4.89 Å². The molecular formula is C10H18N3O3P. The van der Waals surface area contributed by atoms with Gasteiger partial charge in [-0.1, -0.05) is 20.8 Å². The van der Waals surface area contributed by atoms with Crippen molar-refractivity contribution in [2.75, 3.05) is 0 Å². The number of nitrogens with zero attached hydrogens (tertiary/aromatic N) is 3. The molecule has 6 nitrogen and oxygen atoms in total. The summed E-state index contributed by atoms with van der Waals surface area (Å²) >= 11 is 0. The van der Waals surface area contributed by atoms with Crippen molar-refractivity contribution in [2.24, 2.45) is 4.91 Å². The van der Waals surface area contributed by atoms with Crippen LogP contribution in [0.5, 0.6) is 0 Å². The fourth-order valence-electron chi connectivity index (χ4n) is 2.04. The third kappa shape index (κ3) is 3.33. The van der Waals surface area contributed by atoms with Crippen LogP contribution in [-0.4, -0.2) is 15.0 Å². The van der Waals surface area contributed by atoms with Gasteiger partial charge in [0.1, 0.15) is 0 Å². The summed E-state index contributed by atoms with van der Waals surface area (Å²) in [5.41, 5.74) is 3.04. The molecule has 1 aromatic rings. The number of rotatable bonds is 3.